The number of nitro benzene ring substituents is 1. The Labute approximate surface area is 188 Å². The van der Waals surface area contributed by atoms with Crippen LogP contribution in [-0.4, -0.2) is 34.7 Å². The van der Waals surface area contributed by atoms with E-state index in [-0.39, 0.29) is 11.3 Å². The van der Waals surface area contributed by atoms with Gasteiger partial charge in [-0.25, -0.2) is 4.79 Å². The zero-order valence-electron chi connectivity index (χ0n) is 17.7. The average Bonchev–Trinajstić information content (AvgIpc) is 2.76. The summed E-state index contributed by atoms with van der Waals surface area (Å²) in [5, 5.41) is 23.0. The second-order valence-corrected chi connectivity index (χ2v) is 8.22. The highest BCUT2D eigenvalue weighted by atomic mass is 32.2. The predicted molar refractivity (Wildman–Crippen MR) is 120 cm³/mol. The number of hydrogen-bond donors (Lipinski definition) is 0. The molecule has 1 aliphatic heterocycles. The van der Waals surface area contributed by atoms with Gasteiger partial charge in [0.15, 0.2) is 0 Å². The van der Waals surface area contributed by atoms with Gasteiger partial charge < -0.3 is 4.74 Å². The van der Waals surface area contributed by atoms with Gasteiger partial charge in [-0.3, -0.25) is 25.2 Å². The molecule has 32 heavy (non-hydrogen) atoms. The van der Waals surface area contributed by atoms with Crippen molar-refractivity contribution in [3.63, 3.8) is 0 Å². The monoisotopic (exact) mass is 455 g/mol. The third-order valence-corrected chi connectivity index (χ3v) is 6.35. The fourth-order valence-electron chi connectivity index (χ4n) is 3.79. The van der Waals surface area contributed by atoms with Crippen molar-refractivity contribution >= 4 is 29.1 Å². The number of non-ortho nitro benzene ring substituents is 1. The molecular formula is C22H21N3O6S. The highest BCUT2D eigenvalue weighted by Crippen LogP contribution is 2.41. The number of aliphatic imine (C=N–C) groups is 1. The van der Waals surface area contributed by atoms with Gasteiger partial charge in [0.05, 0.1) is 29.2 Å². The van der Waals surface area contributed by atoms with Gasteiger partial charge in [0, 0.05) is 33.4 Å². The standard InChI is InChI=1S/C22H21N3O6S/c1-13-19(22(26)31-3)20(21(25(29)30)14(2)23-13)17-9-4-5-10-18(17)32-12-15-7-6-8-16(11-15)24(27)28/h4-11,20-21H,12H2,1-3H3. The largest absolute Gasteiger partial charge is 0.466 e. The number of allylic oxidation sites excluding steroid dienone is 1. The third-order valence-electron chi connectivity index (χ3n) is 5.19. The number of rotatable bonds is 7. The molecule has 0 saturated carbocycles. The minimum absolute atomic E-state index is 0.00421. The molecule has 2 unspecified atom stereocenters. The number of esters is 1. The molecule has 0 bridgehead atoms. The molecule has 0 radical (unpaired) electrons. The molecule has 166 valence electrons. The van der Waals surface area contributed by atoms with Crippen LogP contribution in [0.15, 0.2) is 69.7 Å². The summed E-state index contributed by atoms with van der Waals surface area (Å²) in [6, 6.07) is 12.2. The zero-order chi connectivity index (χ0) is 23.4. The lowest BCUT2D eigenvalue weighted by atomic mass is 9.80. The van der Waals surface area contributed by atoms with Gasteiger partial charge in [0.25, 0.3) is 11.7 Å². The summed E-state index contributed by atoms with van der Waals surface area (Å²) in [6.45, 7) is 3.22. The number of nitrogens with zero attached hydrogens (tertiary/aromatic N) is 3. The van der Waals surface area contributed by atoms with Gasteiger partial charge in [-0.15, -0.1) is 11.8 Å². The van der Waals surface area contributed by atoms with E-state index in [1.807, 2.05) is 6.07 Å². The van der Waals surface area contributed by atoms with Crippen LogP contribution in [0.5, 0.6) is 0 Å². The molecule has 2 aromatic rings. The first kappa shape index (κ1) is 23.1. The lowest BCUT2D eigenvalue weighted by molar-refractivity contribution is -0.505. The first-order chi connectivity index (χ1) is 15.2. The van der Waals surface area contributed by atoms with Crippen LogP contribution >= 0.6 is 11.8 Å². The molecule has 0 fully saturated rings. The molecule has 9 nitrogen and oxygen atoms in total. The first-order valence-electron chi connectivity index (χ1n) is 9.67. The second-order valence-electron chi connectivity index (χ2n) is 7.21. The first-order valence-corrected chi connectivity index (χ1v) is 10.7. The summed E-state index contributed by atoms with van der Waals surface area (Å²) in [6.07, 6.45) is 0. The van der Waals surface area contributed by atoms with Crippen LogP contribution in [-0.2, 0) is 15.3 Å². The number of nitro groups is 2. The van der Waals surface area contributed by atoms with E-state index in [1.54, 1.807) is 44.2 Å². The van der Waals surface area contributed by atoms with Crippen LogP contribution in [0.4, 0.5) is 5.69 Å². The maximum atomic E-state index is 12.6. The summed E-state index contributed by atoms with van der Waals surface area (Å²) in [5.74, 6) is -1.12. The predicted octanol–water partition coefficient (Wildman–Crippen LogP) is 4.54. The minimum Gasteiger partial charge on any atom is -0.466 e. The molecule has 10 heteroatoms. The zero-order valence-corrected chi connectivity index (χ0v) is 18.5. The van der Waals surface area contributed by atoms with Gasteiger partial charge in [0.1, 0.15) is 0 Å². The van der Waals surface area contributed by atoms with Crippen LogP contribution in [0, 0.1) is 20.2 Å². The maximum Gasteiger partial charge on any atom is 0.336 e. The Morgan fingerprint density at radius 1 is 1.12 bits per heavy atom. The van der Waals surface area contributed by atoms with Gasteiger partial charge in [-0.2, -0.15) is 0 Å². The molecule has 1 aliphatic rings. The van der Waals surface area contributed by atoms with Gasteiger partial charge in [-0.1, -0.05) is 30.3 Å². The van der Waals surface area contributed by atoms with E-state index >= 15 is 0 Å². The molecule has 1 heterocycles. The average molecular weight is 455 g/mol. The van der Waals surface area contributed by atoms with Crippen molar-refractivity contribution in [1.29, 1.82) is 0 Å². The number of carbonyl (C=O) groups is 1. The van der Waals surface area contributed by atoms with Gasteiger partial charge >= 0.3 is 5.97 Å². The molecule has 2 aromatic carbocycles. The summed E-state index contributed by atoms with van der Waals surface area (Å²) in [7, 11) is 1.23. The molecule has 3 rings (SSSR count). The van der Waals surface area contributed by atoms with E-state index in [4.69, 9.17) is 4.74 Å². The van der Waals surface area contributed by atoms with E-state index in [2.05, 4.69) is 4.99 Å². The van der Waals surface area contributed by atoms with Crippen molar-refractivity contribution in [3.8, 4) is 0 Å². The Morgan fingerprint density at radius 2 is 1.84 bits per heavy atom. The van der Waals surface area contributed by atoms with Crippen molar-refractivity contribution in [1.82, 2.24) is 0 Å². The number of thioether (sulfide) groups is 1. The van der Waals surface area contributed by atoms with Crippen molar-refractivity contribution in [2.24, 2.45) is 4.99 Å². The van der Waals surface area contributed by atoms with E-state index < -0.39 is 27.8 Å². The van der Waals surface area contributed by atoms with Crippen LogP contribution in [0.2, 0.25) is 0 Å². The lowest BCUT2D eigenvalue weighted by Gasteiger charge is -2.28. The Balaban J connectivity index is 2.03. The summed E-state index contributed by atoms with van der Waals surface area (Å²) < 4.78 is 4.92. The lowest BCUT2D eigenvalue weighted by Crippen LogP contribution is -2.40. The van der Waals surface area contributed by atoms with Crippen LogP contribution in [0.3, 0.4) is 0 Å². The van der Waals surface area contributed by atoms with Crippen molar-refractivity contribution in [2.75, 3.05) is 7.11 Å². The molecular weight excluding hydrogens is 434 g/mol. The number of hydrogen-bond acceptors (Lipinski definition) is 8. The van der Waals surface area contributed by atoms with Gasteiger partial charge in [0.2, 0.25) is 0 Å². The van der Waals surface area contributed by atoms with Crippen molar-refractivity contribution < 1.29 is 19.4 Å². The molecule has 2 atom stereocenters. The summed E-state index contributed by atoms with van der Waals surface area (Å²) in [4.78, 5) is 39.7. The summed E-state index contributed by atoms with van der Waals surface area (Å²) in [5.41, 5.74) is 2.20. The number of benzene rings is 2. The fraction of sp³-hybridized carbons (Fsp3) is 0.273. The van der Waals surface area contributed by atoms with E-state index in [0.717, 1.165) is 10.5 Å². The van der Waals surface area contributed by atoms with Gasteiger partial charge in [-0.05, 0) is 31.0 Å². The summed E-state index contributed by atoms with van der Waals surface area (Å²) >= 11 is 1.39. The number of carbonyl (C=O) groups excluding carboxylic acids is 1. The Bertz CT molecular complexity index is 1140. The molecule has 0 saturated heterocycles. The van der Waals surface area contributed by atoms with Crippen LogP contribution in [0.1, 0.15) is 30.9 Å². The Kier molecular flexibility index (Phi) is 7.04. The van der Waals surface area contributed by atoms with E-state index in [9.17, 15) is 25.0 Å². The SMILES string of the molecule is COC(=O)C1=C(C)N=C(C)C([N+](=O)[O-])C1c1ccccc1SCc1cccc([N+](=O)[O-])c1. The fourth-order valence-corrected chi connectivity index (χ4v) is 4.83. The van der Waals surface area contributed by atoms with Crippen LogP contribution in [0.25, 0.3) is 0 Å². The molecule has 0 aliphatic carbocycles. The highest BCUT2D eigenvalue weighted by Gasteiger charge is 2.45. The molecule has 0 spiro atoms. The quantitative estimate of drug-likeness (QED) is 0.260. The second kappa shape index (κ2) is 9.73. The van der Waals surface area contributed by atoms with Crippen molar-refractivity contribution in [2.45, 2.75) is 36.5 Å². The number of methoxy groups -OCH3 is 1. The van der Waals surface area contributed by atoms with E-state index in [1.165, 1.54) is 31.0 Å². The topological polar surface area (TPSA) is 125 Å². The maximum absolute atomic E-state index is 12.6. The third kappa shape index (κ3) is 4.70. The Hall–Kier alpha value is -3.53. The molecule has 0 aromatic heterocycles. The van der Waals surface area contributed by atoms with Crippen molar-refractivity contribution in [3.05, 3.63) is 91.2 Å². The minimum atomic E-state index is -1.22. The smallest absolute Gasteiger partial charge is 0.336 e. The van der Waals surface area contributed by atoms with Crippen LogP contribution < -0.4 is 0 Å². The van der Waals surface area contributed by atoms with E-state index in [0.29, 0.717) is 22.7 Å². The highest BCUT2D eigenvalue weighted by molar-refractivity contribution is 7.98. The Morgan fingerprint density at radius 3 is 2.50 bits per heavy atom. The molecule has 0 amide bonds. The molecule has 0 N–H and O–H groups in total. The normalized spacial score (nSPS) is 18.2. The number of ether oxygens (including phenoxy) is 1.